The first-order valence-corrected chi connectivity index (χ1v) is 8.05. The zero-order chi connectivity index (χ0) is 14.9. The molecule has 1 aliphatic carbocycles. The van der Waals surface area contributed by atoms with E-state index in [1.165, 1.54) is 12.8 Å². The Balaban J connectivity index is 1.54. The van der Waals surface area contributed by atoms with Crippen molar-refractivity contribution in [2.45, 2.75) is 51.7 Å². The number of ether oxygens (including phenoxy) is 2. The molecule has 0 bridgehead atoms. The lowest BCUT2D eigenvalue weighted by Gasteiger charge is -2.21. The maximum atomic E-state index is 5.78. The third kappa shape index (κ3) is 4.17. The summed E-state index contributed by atoms with van der Waals surface area (Å²) in [7, 11) is 0. The van der Waals surface area contributed by atoms with Crippen molar-refractivity contribution in [1.82, 2.24) is 10.2 Å². The SMILES string of the molecule is CC(C)(C)Oc1ccc(OCc2nnc(C3CC3)s2)cc1. The third-order valence-electron chi connectivity index (χ3n) is 3.02. The molecule has 0 unspecified atom stereocenters. The molecule has 0 radical (unpaired) electrons. The van der Waals surface area contributed by atoms with Gasteiger partial charge in [-0.3, -0.25) is 0 Å². The highest BCUT2D eigenvalue weighted by molar-refractivity contribution is 7.11. The molecular formula is C16H20N2O2S. The predicted octanol–water partition coefficient (Wildman–Crippen LogP) is 4.17. The zero-order valence-corrected chi connectivity index (χ0v) is 13.4. The molecule has 1 aromatic carbocycles. The molecule has 0 spiro atoms. The predicted molar refractivity (Wildman–Crippen MR) is 83.0 cm³/mol. The largest absolute Gasteiger partial charge is 0.488 e. The highest BCUT2D eigenvalue weighted by Gasteiger charge is 2.27. The Morgan fingerprint density at radius 3 is 2.38 bits per heavy atom. The lowest BCUT2D eigenvalue weighted by atomic mass is 10.2. The van der Waals surface area contributed by atoms with Crippen LogP contribution in [-0.4, -0.2) is 15.8 Å². The molecule has 1 aromatic heterocycles. The van der Waals surface area contributed by atoms with Gasteiger partial charge in [0.15, 0.2) is 5.01 Å². The van der Waals surface area contributed by atoms with E-state index in [2.05, 4.69) is 10.2 Å². The topological polar surface area (TPSA) is 44.2 Å². The lowest BCUT2D eigenvalue weighted by molar-refractivity contribution is 0.130. The summed E-state index contributed by atoms with van der Waals surface area (Å²) in [6, 6.07) is 7.69. The van der Waals surface area contributed by atoms with Crippen LogP contribution in [-0.2, 0) is 6.61 Å². The van der Waals surface area contributed by atoms with Crippen LogP contribution in [0.2, 0.25) is 0 Å². The minimum absolute atomic E-state index is 0.186. The fraction of sp³-hybridized carbons (Fsp3) is 0.500. The van der Waals surface area contributed by atoms with Gasteiger partial charge in [0.1, 0.15) is 28.7 Å². The molecule has 2 aromatic rings. The van der Waals surface area contributed by atoms with Crippen molar-refractivity contribution in [3.05, 3.63) is 34.3 Å². The van der Waals surface area contributed by atoms with E-state index >= 15 is 0 Å². The van der Waals surface area contributed by atoms with Crippen molar-refractivity contribution in [3.63, 3.8) is 0 Å². The Morgan fingerprint density at radius 2 is 1.76 bits per heavy atom. The Hall–Kier alpha value is -1.62. The van der Waals surface area contributed by atoms with Crippen LogP contribution in [0.5, 0.6) is 11.5 Å². The summed E-state index contributed by atoms with van der Waals surface area (Å²) in [5, 5.41) is 10.5. The van der Waals surface area contributed by atoms with Crippen molar-refractivity contribution >= 4 is 11.3 Å². The van der Waals surface area contributed by atoms with Gasteiger partial charge in [-0.25, -0.2) is 0 Å². The molecule has 3 rings (SSSR count). The summed E-state index contributed by atoms with van der Waals surface area (Å²) in [6.45, 7) is 6.57. The van der Waals surface area contributed by atoms with Crippen molar-refractivity contribution < 1.29 is 9.47 Å². The second kappa shape index (κ2) is 5.64. The highest BCUT2D eigenvalue weighted by atomic mass is 32.1. The minimum atomic E-state index is -0.186. The van der Waals surface area contributed by atoms with E-state index in [-0.39, 0.29) is 5.60 Å². The van der Waals surface area contributed by atoms with Gasteiger partial charge in [0.2, 0.25) is 0 Å². The number of nitrogens with zero attached hydrogens (tertiary/aromatic N) is 2. The Morgan fingerprint density at radius 1 is 1.10 bits per heavy atom. The molecule has 112 valence electrons. The molecule has 1 fully saturated rings. The highest BCUT2D eigenvalue weighted by Crippen LogP contribution is 2.41. The van der Waals surface area contributed by atoms with Crippen LogP contribution in [0, 0.1) is 0 Å². The number of hydrogen-bond donors (Lipinski definition) is 0. The van der Waals surface area contributed by atoms with Gasteiger partial charge >= 0.3 is 0 Å². The monoisotopic (exact) mass is 304 g/mol. The van der Waals surface area contributed by atoms with Crippen LogP contribution in [0.1, 0.15) is 49.5 Å². The van der Waals surface area contributed by atoms with E-state index in [9.17, 15) is 0 Å². The smallest absolute Gasteiger partial charge is 0.155 e. The fourth-order valence-corrected chi connectivity index (χ4v) is 2.85. The number of rotatable bonds is 5. The van der Waals surface area contributed by atoms with E-state index in [0.717, 1.165) is 21.5 Å². The molecule has 0 amide bonds. The van der Waals surface area contributed by atoms with Gasteiger partial charge in [0.25, 0.3) is 0 Å². The molecule has 1 aliphatic rings. The van der Waals surface area contributed by atoms with Gasteiger partial charge in [0, 0.05) is 5.92 Å². The zero-order valence-electron chi connectivity index (χ0n) is 12.6. The number of aromatic nitrogens is 2. The fourth-order valence-electron chi connectivity index (χ4n) is 1.92. The summed E-state index contributed by atoms with van der Waals surface area (Å²) in [5.41, 5.74) is -0.186. The molecule has 0 N–H and O–H groups in total. The molecule has 1 heterocycles. The van der Waals surface area contributed by atoms with Gasteiger partial charge in [-0.1, -0.05) is 11.3 Å². The van der Waals surface area contributed by atoms with Gasteiger partial charge in [0.05, 0.1) is 0 Å². The standard InChI is InChI=1S/C16H20N2O2S/c1-16(2,3)20-13-8-6-12(7-9-13)19-10-14-17-18-15(21-14)11-4-5-11/h6-9,11H,4-5,10H2,1-3H3. The van der Waals surface area contributed by atoms with E-state index in [0.29, 0.717) is 12.5 Å². The number of benzene rings is 1. The molecule has 1 saturated carbocycles. The van der Waals surface area contributed by atoms with Crippen molar-refractivity contribution in [1.29, 1.82) is 0 Å². The van der Waals surface area contributed by atoms with Gasteiger partial charge in [-0.05, 0) is 57.9 Å². The average Bonchev–Trinajstić information content (AvgIpc) is 3.16. The van der Waals surface area contributed by atoms with Crippen LogP contribution in [0.4, 0.5) is 0 Å². The molecule has 5 heteroatoms. The quantitative estimate of drug-likeness (QED) is 0.831. The third-order valence-corrected chi connectivity index (χ3v) is 4.08. The summed E-state index contributed by atoms with van der Waals surface area (Å²) in [4.78, 5) is 0. The van der Waals surface area contributed by atoms with Crippen LogP contribution in [0.3, 0.4) is 0 Å². The Bertz CT molecular complexity index is 597. The van der Waals surface area contributed by atoms with Crippen molar-refractivity contribution in [2.24, 2.45) is 0 Å². The first-order chi connectivity index (χ1) is 9.99. The summed E-state index contributed by atoms with van der Waals surface area (Å²) in [6.07, 6.45) is 2.51. The van der Waals surface area contributed by atoms with Gasteiger partial charge in [-0.15, -0.1) is 10.2 Å². The van der Waals surface area contributed by atoms with E-state index in [4.69, 9.17) is 9.47 Å². The van der Waals surface area contributed by atoms with E-state index in [1.807, 2.05) is 45.0 Å². The molecule has 4 nitrogen and oxygen atoms in total. The van der Waals surface area contributed by atoms with E-state index in [1.54, 1.807) is 11.3 Å². The molecule has 21 heavy (non-hydrogen) atoms. The number of hydrogen-bond acceptors (Lipinski definition) is 5. The molecule has 0 aliphatic heterocycles. The average molecular weight is 304 g/mol. The second-order valence-electron chi connectivity index (χ2n) is 6.28. The molecule has 0 atom stereocenters. The maximum absolute atomic E-state index is 5.78. The summed E-state index contributed by atoms with van der Waals surface area (Å²) >= 11 is 1.66. The lowest BCUT2D eigenvalue weighted by Crippen LogP contribution is -2.22. The van der Waals surface area contributed by atoms with Gasteiger partial charge < -0.3 is 9.47 Å². The molecule has 0 saturated heterocycles. The van der Waals surface area contributed by atoms with Gasteiger partial charge in [-0.2, -0.15) is 0 Å². The Labute approximate surface area is 129 Å². The van der Waals surface area contributed by atoms with E-state index < -0.39 is 0 Å². The minimum Gasteiger partial charge on any atom is -0.488 e. The first kappa shape index (κ1) is 14.3. The second-order valence-corrected chi connectivity index (χ2v) is 7.38. The van der Waals surface area contributed by atoms with Crippen LogP contribution in [0.15, 0.2) is 24.3 Å². The van der Waals surface area contributed by atoms with Crippen LogP contribution < -0.4 is 9.47 Å². The van der Waals surface area contributed by atoms with Crippen LogP contribution in [0.25, 0.3) is 0 Å². The van der Waals surface area contributed by atoms with Crippen molar-refractivity contribution in [3.8, 4) is 11.5 Å². The normalized spacial score (nSPS) is 15.0. The molecular weight excluding hydrogens is 284 g/mol. The first-order valence-electron chi connectivity index (χ1n) is 7.24. The maximum Gasteiger partial charge on any atom is 0.155 e. The summed E-state index contributed by atoms with van der Waals surface area (Å²) < 4.78 is 11.5. The Kier molecular flexibility index (Phi) is 3.85. The summed E-state index contributed by atoms with van der Waals surface area (Å²) in [5.74, 6) is 2.33. The van der Waals surface area contributed by atoms with Crippen molar-refractivity contribution in [2.75, 3.05) is 0 Å². The van der Waals surface area contributed by atoms with Crippen LogP contribution >= 0.6 is 11.3 Å².